The van der Waals surface area contributed by atoms with Crippen LogP contribution in [0.3, 0.4) is 0 Å². The topological polar surface area (TPSA) is 90.0 Å². The minimum absolute atomic E-state index is 0.344. The Hall–Kier alpha value is -2.71. The van der Waals surface area contributed by atoms with E-state index in [4.69, 9.17) is 9.47 Å². The Kier molecular flexibility index (Phi) is 5.24. The summed E-state index contributed by atoms with van der Waals surface area (Å²) in [5.74, 6) is -1.07. The second-order valence-corrected chi connectivity index (χ2v) is 13.8. The van der Waals surface area contributed by atoms with E-state index in [0.29, 0.717) is 6.42 Å². The van der Waals surface area contributed by atoms with E-state index in [1.165, 1.54) is 18.7 Å². The molecule has 5 rings (SSSR count). The molecule has 1 saturated carbocycles. The molecular formula is C27H31NO6S. The van der Waals surface area contributed by atoms with Crippen molar-refractivity contribution < 1.29 is 27.5 Å². The van der Waals surface area contributed by atoms with Gasteiger partial charge in [-0.05, 0) is 52.2 Å². The van der Waals surface area contributed by atoms with Gasteiger partial charge >= 0.3 is 5.97 Å². The molecule has 4 atom stereocenters. The fourth-order valence-electron chi connectivity index (χ4n) is 5.56. The van der Waals surface area contributed by atoms with Gasteiger partial charge in [-0.1, -0.05) is 60.7 Å². The lowest BCUT2D eigenvalue weighted by molar-refractivity contribution is -0.174. The van der Waals surface area contributed by atoms with Crippen LogP contribution >= 0.6 is 0 Å². The van der Waals surface area contributed by atoms with Crippen molar-refractivity contribution in [3.05, 3.63) is 71.8 Å². The number of sulfone groups is 1. The lowest BCUT2D eigenvalue weighted by Gasteiger charge is -2.44. The van der Waals surface area contributed by atoms with Crippen molar-refractivity contribution in [3.8, 4) is 0 Å². The minimum atomic E-state index is -3.87. The second-order valence-electron chi connectivity index (χ2n) is 11.2. The number of carbonyl (C=O) groups excluding carboxylic acids is 2. The Morgan fingerprint density at radius 3 is 2.00 bits per heavy atom. The number of rotatable bonds is 5. The Labute approximate surface area is 206 Å². The fourth-order valence-corrected chi connectivity index (χ4v) is 8.08. The van der Waals surface area contributed by atoms with E-state index < -0.39 is 55.2 Å². The van der Waals surface area contributed by atoms with Crippen molar-refractivity contribution in [1.82, 2.24) is 4.90 Å². The first-order valence-electron chi connectivity index (χ1n) is 11.9. The maximum Gasteiger partial charge on any atom is 0.331 e. The molecule has 2 aromatic rings. The number of nitrogens with zero attached hydrogens (tertiary/aromatic N) is 1. The van der Waals surface area contributed by atoms with Gasteiger partial charge in [0.2, 0.25) is 5.91 Å². The van der Waals surface area contributed by atoms with Gasteiger partial charge in [-0.25, -0.2) is 13.2 Å². The van der Waals surface area contributed by atoms with Crippen LogP contribution in [0, 0.1) is 5.41 Å². The van der Waals surface area contributed by atoms with Gasteiger partial charge in [-0.3, -0.25) is 4.79 Å². The van der Waals surface area contributed by atoms with E-state index in [1.807, 2.05) is 81.4 Å². The molecule has 2 saturated heterocycles. The number of amides is 1. The van der Waals surface area contributed by atoms with E-state index in [1.54, 1.807) is 0 Å². The van der Waals surface area contributed by atoms with Gasteiger partial charge in [0, 0.05) is 0 Å². The van der Waals surface area contributed by atoms with Crippen LogP contribution in [0.4, 0.5) is 0 Å². The summed E-state index contributed by atoms with van der Waals surface area (Å²) < 4.78 is 37.8. The highest BCUT2D eigenvalue weighted by molar-refractivity contribution is 7.94. The average molecular weight is 498 g/mol. The van der Waals surface area contributed by atoms with E-state index in [2.05, 4.69) is 0 Å². The van der Waals surface area contributed by atoms with Crippen LogP contribution in [0.25, 0.3) is 0 Å². The molecule has 2 heterocycles. The zero-order valence-electron chi connectivity index (χ0n) is 20.6. The van der Waals surface area contributed by atoms with Gasteiger partial charge in [-0.2, -0.15) is 0 Å². The third kappa shape index (κ3) is 3.44. The standard InChI is InChI=1S/C27H31NO6S/c1-25(2,3)34-19-16-27(19)23(30)28-21(26(4,5)35(31,32)24(27)28)22(29)33-20(17-12-8-6-9-13-17)18-14-10-7-11-15-18/h6-15,19-21,24H,16H2,1-5H3/t19?,21-,24+,27+/m0/s1. The lowest BCUT2D eigenvalue weighted by atomic mass is 9.88. The Bertz CT molecular complexity index is 1230. The molecule has 0 radical (unpaired) electrons. The summed E-state index contributed by atoms with van der Waals surface area (Å²) in [6, 6.07) is 17.3. The fraction of sp³-hybridized carbons (Fsp3) is 0.481. The molecular weight excluding hydrogens is 466 g/mol. The average Bonchev–Trinajstić information content (AvgIpc) is 3.48. The lowest BCUT2D eigenvalue weighted by Crippen LogP contribution is -2.66. The van der Waals surface area contributed by atoms with Gasteiger partial charge in [0.25, 0.3) is 0 Å². The van der Waals surface area contributed by atoms with Crippen molar-refractivity contribution in [3.63, 3.8) is 0 Å². The summed E-state index contributed by atoms with van der Waals surface area (Å²) in [7, 11) is -3.87. The molecule has 186 valence electrons. The summed E-state index contributed by atoms with van der Waals surface area (Å²) in [5.41, 5.74) is -0.0932. The molecule has 1 amide bonds. The molecule has 0 aromatic heterocycles. The number of fused-ring (bicyclic) bond motifs is 2. The van der Waals surface area contributed by atoms with Gasteiger partial charge < -0.3 is 14.4 Å². The quantitative estimate of drug-likeness (QED) is 0.463. The molecule has 35 heavy (non-hydrogen) atoms. The molecule has 0 N–H and O–H groups in total. The van der Waals surface area contributed by atoms with Crippen molar-refractivity contribution in [2.45, 2.75) is 75.0 Å². The zero-order valence-corrected chi connectivity index (χ0v) is 21.4. The normalized spacial score (nSPS) is 30.2. The van der Waals surface area contributed by atoms with Gasteiger partial charge in [0.15, 0.2) is 21.3 Å². The van der Waals surface area contributed by atoms with Crippen LogP contribution < -0.4 is 0 Å². The molecule has 3 aliphatic rings. The van der Waals surface area contributed by atoms with Crippen molar-refractivity contribution >= 4 is 21.7 Å². The molecule has 1 unspecified atom stereocenters. The van der Waals surface area contributed by atoms with Crippen molar-refractivity contribution in [2.75, 3.05) is 0 Å². The molecule has 1 spiro atoms. The maximum absolute atomic E-state index is 13.7. The van der Waals surface area contributed by atoms with Crippen molar-refractivity contribution in [2.24, 2.45) is 5.41 Å². The van der Waals surface area contributed by atoms with Gasteiger partial charge in [0.1, 0.15) is 11.5 Å². The Morgan fingerprint density at radius 2 is 1.51 bits per heavy atom. The van der Waals surface area contributed by atoms with Crippen LogP contribution in [0.15, 0.2) is 60.7 Å². The van der Waals surface area contributed by atoms with E-state index in [0.717, 1.165) is 11.1 Å². The molecule has 2 aliphatic heterocycles. The second kappa shape index (κ2) is 7.64. The predicted octanol–water partition coefficient (Wildman–Crippen LogP) is 3.64. The van der Waals surface area contributed by atoms with Crippen LogP contribution in [0.2, 0.25) is 0 Å². The Morgan fingerprint density at radius 1 is 1.00 bits per heavy atom. The summed E-state index contributed by atoms with van der Waals surface area (Å²) in [6.07, 6.45) is -0.860. The molecule has 0 bridgehead atoms. The number of carbonyl (C=O) groups is 2. The minimum Gasteiger partial charge on any atom is -0.451 e. The molecule has 1 aliphatic carbocycles. The SMILES string of the molecule is CC(C)(C)OC1C[C@]12C(=O)N1[C@@H](C(=O)OC(c3ccccc3)c3ccccc3)C(C)(C)S(=O)(=O)[C@@H]12. The first kappa shape index (κ1) is 24.0. The first-order chi connectivity index (χ1) is 16.3. The molecule has 3 fully saturated rings. The van der Waals surface area contributed by atoms with Gasteiger partial charge in [-0.15, -0.1) is 0 Å². The Balaban J connectivity index is 1.47. The van der Waals surface area contributed by atoms with Crippen LogP contribution in [-0.4, -0.2) is 53.1 Å². The largest absolute Gasteiger partial charge is 0.451 e. The number of esters is 1. The van der Waals surface area contributed by atoms with Crippen LogP contribution in [-0.2, 0) is 28.9 Å². The molecule has 7 nitrogen and oxygen atoms in total. The van der Waals surface area contributed by atoms with Crippen LogP contribution in [0.1, 0.15) is 58.3 Å². The number of hydrogen-bond acceptors (Lipinski definition) is 6. The number of ether oxygens (including phenoxy) is 2. The summed E-state index contributed by atoms with van der Waals surface area (Å²) >= 11 is 0. The van der Waals surface area contributed by atoms with E-state index in [9.17, 15) is 18.0 Å². The molecule has 8 heteroatoms. The number of hydrogen-bond donors (Lipinski definition) is 0. The van der Waals surface area contributed by atoms with Crippen LogP contribution in [0.5, 0.6) is 0 Å². The molecule has 2 aromatic carbocycles. The number of benzene rings is 2. The highest BCUT2D eigenvalue weighted by Gasteiger charge is 2.86. The highest BCUT2D eigenvalue weighted by atomic mass is 32.2. The predicted molar refractivity (Wildman–Crippen MR) is 130 cm³/mol. The van der Waals surface area contributed by atoms with E-state index in [-0.39, 0.29) is 5.91 Å². The zero-order chi connectivity index (χ0) is 25.4. The number of β-lactam (4-membered cyclic amide) rings is 1. The highest BCUT2D eigenvalue weighted by Crippen LogP contribution is 2.67. The maximum atomic E-state index is 13.7. The summed E-state index contributed by atoms with van der Waals surface area (Å²) in [6.45, 7) is 8.65. The van der Waals surface area contributed by atoms with Crippen molar-refractivity contribution in [1.29, 1.82) is 0 Å². The van der Waals surface area contributed by atoms with E-state index >= 15 is 0 Å². The third-order valence-electron chi connectivity index (χ3n) is 7.39. The first-order valence-corrected chi connectivity index (χ1v) is 13.4. The monoisotopic (exact) mass is 497 g/mol. The summed E-state index contributed by atoms with van der Waals surface area (Å²) in [5, 5.41) is -1.07. The summed E-state index contributed by atoms with van der Waals surface area (Å²) in [4.78, 5) is 28.3. The smallest absolute Gasteiger partial charge is 0.331 e. The third-order valence-corrected chi connectivity index (χ3v) is 10.3. The van der Waals surface area contributed by atoms with Gasteiger partial charge in [0.05, 0.1) is 16.5 Å².